The lowest BCUT2D eigenvalue weighted by Crippen LogP contribution is -2.18. The van der Waals surface area contributed by atoms with E-state index in [9.17, 15) is 4.79 Å². The largest absolute Gasteiger partial charge is 0.395 e. The van der Waals surface area contributed by atoms with Crippen molar-refractivity contribution in [1.82, 2.24) is 9.78 Å². The number of nitrogen functional groups attached to an aromatic ring is 1. The Hall–Kier alpha value is -2.30. The number of hydrogen-bond donors (Lipinski definition) is 2. The van der Waals surface area contributed by atoms with Gasteiger partial charge in [-0.25, -0.2) is 0 Å². The zero-order chi connectivity index (χ0) is 15.6. The summed E-state index contributed by atoms with van der Waals surface area (Å²) in [7, 11) is 0. The Morgan fingerprint density at radius 3 is 2.48 bits per heavy atom. The summed E-state index contributed by atoms with van der Waals surface area (Å²) in [6.45, 7) is 8.61. The second-order valence-electron chi connectivity index (χ2n) is 5.39. The molecule has 112 valence electrons. The smallest absolute Gasteiger partial charge is 0.276 e. The van der Waals surface area contributed by atoms with Gasteiger partial charge in [0.05, 0.1) is 11.4 Å². The van der Waals surface area contributed by atoms with Crippen LogP contribution in [0.4, 0.5) is 11.4 Å². The number of aromatic nitrogens is 2. The van der Waals surface area contributed by atoms with E-state index in [1.807, 2.05) is 31.2 Å². The monoisotopic (exact) mass is 286 g/mol. The number of rotatable bonds is 4. The summed E-state index contributed by atoms with van der Waals surface area (Å²) in [6, 6.07) is 7.85. The molecular formula is C16H22N4O. The molecule has 1 amide bonds. The maximum Gasteiger partial charge on any atom is 0.276 e. The highest BCUT2D eigenvalue weighted by molar-refractivity contribution is 6.06. The van der Waals surface area contributed by atoms with Gasteiger partial charge in [-0.3, -0.25) is 9.48 Å². The summed E-state index contributed by atoms with van der Waals surface area (Å²) in [5.74, 6) is 0.238. The molecule has 0 aliphatic heterocycles. The minimum Gasteiger partial charge on any atom is -0.395 e. The van der Waals surface area contributed by atoms with Gasteiger partial charge in [-0.05, 0) is 37.5 Å². The van der Waals surface area contributed by atoms with Gasteiger partial charge < -0.3 is 11.1 Å². The predicted molar refractivity (Wildman–Crippen MR) is 85.5 cm³/mol. The highest BCUT2D eigenvalue weighted by Crippen LogP contribution is 2.20. The van der Waals surface area contributed by atoms with Crippen molar-refractivity contribution in [3.8, 4) is 0 Å². The summed E-state index contributed by atoms with van der Waals surface area (Å²) >= 11 is 0. The number of aryl methyl sites for hydroxylation is 2. The Morgan fingerprint density at radius 1 is 1.33 bits per heavy atom. The number of carbonyl (C=O) groups is 1. The molecule has 2 aromatic rings. The molecule has 1 heterocycles. The van der Waals surface area contributed by atoms with Crippen molar-refractivity contribution in [2.24, 2.45) is 0 Å². The maximum atomic E-state index is 12.4. The molecule has 1 aromatic carbocycles. The molecule has 1 aromatic heterocycles. The molecule has 0 radical (unpaired) electrons. The topological polar surface area (TPSA) is 72.9 Å². The summed E-state index contributed by atoms with van der Waals surface area (Å²) in [5, 5.41) is 7.13. The van der Waals surface area contributed by atoms with Gasteiger partial charge in [0.15, 0.2) is 0 Å². The number of benzene rings is 1. The number of carbonyl (C=O) groups excluding carboxylic acids is 1. The first kappa shape index (κ1) is 15.1. The average Bonchev–Trinajstić information content (AvgIpc) is 2.74. The molecule has 0 bridgehead atoms. The van der Waals surface area contributed by atoms with E-state index < -0.39 is 0 Å². The van der Waals surface area contributed by atoms with Gasteiger partial charge >= 0.3 is 0 Å². The van der Waals surface area contributed by atoms with Crippen LogP contribution in [0.3, 0.4) is 0 Å². The minimum atomic E-state index is -0.229. The quantitative estimate of drug-likeness (QED) is 0.906. The average molecular weight is 286 g/mol. The fourth-order valence-electron chi connectivity index (χ4n) is 2.21. The van der Waals surface area contributed by atoms with Gasteiger partial charge in [-0.1, -0.05) is 26.0 Å². The third kappa shape index (κ3) is 3.07. The van der Waals surface area contributed by atoms with Gasteiger partial charge in [0.25, 0.3) is 5.91 Å². The van der Waals surface area contributed by atoms with Crippen molar-refractivity contribution >= 4 is 17.3 Å². The van der Waals surface area contributed by atoms with Crippen molar-refractivity contribution in [3.05, 3.63) is 41.2 Å². The van der Waals surface area contributed by atoms with Crippen molar-refractivity contribution in [1.29, 1.82) is 0 Å². The van der Waals surface area contributed by atoms with E-state index in [0.717, 1.165) is 5.69 Å². The fourth-order valence-corrected chi connectivity index (χ4v) is 2.21. The van der Waals surface area contributed by atoms with Gasteiger partial charge in [0.1, 0.15) is 5.69 Å². The summed E-state index contributed by atoms with van der Waals surface area (Å²) in [6.07, 6.45) is 0. The molecule has 0 aliphatic rings. The molecule has 5 nitrogen and oxygen atoms in total. The SMILES string of the molecule is CCn1nc(C)c(N)c1C(=O)Nc1ccc(C(C)C)cc1. The number of nitrogens with one attached hydrogen (secondary N) is 1. The van der Waals surface area contributed by atoms with E-state index in [4.69, 9.17) is 5.73 Å². The van der Waals surface area contributed by atoms with Crippen molar-refractivity contribution < 1.29 is 4.79 Å². The van der Waals surface area contributed by atoms with E-state index in [1.165, 1.54) is 5.56 Å². The number of anilines is 2. The van der Waals surface area contributed by atoms with E-state index in [1.54, 1.807) is 11.6 Å². The first-order valence-electron chi connectivity index (χ1n) is 7.18. The number of amides is 1. The lowest BCUT2D eigenvalue weighted by Gasteiger charge is -2.09. The van der Waals surface area contributed by atoms with E-state index in [2.05, 4.69) is 24.3 Å². The third-order valence-corrected chi connectivity index (χ3v) is 3.52. The third-order valence-electron chi connectivity index (χ3n) is 3.52. The molecule has 0 saturated heterocycles. The van der Waals surface area contributed by atoms with Crippen molar-refractivity contribution in [2.45, 2.75) is 40.2 Å². The van der Waals surface area contributed by atoms with Crippen LogP contribution < -0.4 is 11.1 Å². The van der Waals surface area contributed by atoms with Gasteiger partial charge in [0.2, 0.25) is 0 Å². The second-order valence-corrected chi connectivity index (χ2v) is 5.39. The zero-order valence-electron chi connectivity index (χ0n) is 13.0. The predicted octanol–water partition coefficient (Wildman–Crippen LogP) is 3.17. The van der Waals surface area contributed by atoms with E-state index >= 15 is 0 Å². The highest BCUT2D eigenvalue weighted by Gasteiger charge is 2.19. The lowest BCUT2D eigenvalue weighted by molar-refractivity contribution is 0.101. The molecule has 0 unspecified atom stereocenters. The van der Waals surface area contributed by atoms with Crippen LogP contribution in [0.2, 0.25) is 0 Å². The molecule has 0 atom stereocenters. The Kier molecular flexibility index (Phi) is 4.31. The molecule has 0 saturated carbocycles. The number of hydrogen-bond acceptors (Lipinski definition) is 3. The van der Waals surface area contributed by atoms with Crippen LogP contribution >= 0.6 is 0 Å². The van der Waals surface area contributed by atoms with E-state index in [-0.39, 0.29) is 5.91 Å². The summed E-state index contributed by atoms with van der Waals surface area (Å²) in [5.41, 5.74) is 9.48. The summed E-state index contributed by atoms with van der Waals surface area (Å²) in [4.78, 5) is 12.4. The fraction of sp³-hybridized carbons (Fsp3) is 0.375. The second kappa shape index (κ2) is 5.99. The van der Waals surface area contributed by atoms with E-state index in [0.29, 0.717) is 29.5 Å². The lowest BCUT2D eigenvalue weighted by atomic mass is 10.0. The highest BCUT2D eigenvalue weighted by atomic mass is 16.2. The van der Waals surface area contributed by atoms with Crippen LogP contribution in [0, 0.1) is 6.92 Å². The Labute approximate surface area is 125 Å². The molecule has 0 spiro atoms. The number of nitrogens with two attached hydrogens (primary N) is 1. The Balaban J connectivity index is 2.22. The number of nitrogens with zero attached hydrogens (tertiary/aromatic N) is 2. The van der Waals surface area contributed by atoms with Crippen LogP contribution in [-0.2, 0) is 6.54 Å². The minimum absolute atomic E-state index is 0.229. The molecule has 3 N–H and O–H groups in total. The van der Waals surface area contributed by atoms with Gasteiger partial charge in [-0.15, -0.1) is 0 Å². The molecule has 0 aliphatic carbocycles. The van der Waals surface area contributed by atoms with Crippen LogP contribution in [-0.4, -0.2) is 15.7 Å². The van der Waals surface area contributed by atoms with Crippen LogP contribution in [0.5, 0.6) is 0 Å². The van der Waals surface area contributed by atoms with Crippen LogP contribution in [0.15, 0.2) is 24.3 Å². The van der Waals surface area contributed by atoms with Gasteiger partial charge in [-0.2, -0.15) is 5.10 Å². The molecule has 5 heteroatoms. The van der Waals surface area contributed by atoms with Crippen molar-refractivity contribution in [2.75, 3.05) is 11.1 Å². The van der Waals surface area contributed by atoms with Crippen LogP contribution in [0.25, 0.3) is 0 Å². The molecule has 21 heavy (non-hydrogen) atoms. The zero-order valence-corrected chi connectivity index (χ0v) is 13.0. The molecular weight excluding hydrogens is 264 g/mol. The Bertz CT molecular complexity index is 641. The molecule has 2 rings (SSSR count). The molecule has 0 fully saturated rings. The van der Waals surface area contributed by atoms with Crippen LogP contribution in [0.1, 0.15) is 48.4 Å². The summed E-state index contributed by atoms with van der Waals surface area (Å²) < 4.78 is 1.63. The first-order valence-corrected chi connectivity index (χ1v) is 7.18. The maximum absolute atomic E-state index is 12.4. The van der Waals surface area contributed by atoms with Gasteiger partial charge in [0, 0.05) is 12.2 Å². The normalized spacial score (nSPS) is 10.9. The first-order chi connectivity index (χ1) is 9.93. The Morgan fingerprint density at radius 2 is 1.95 bits per heavy atom. The van der Waals surface area contributed by atoms with Crippen molar-refractivity contribution in [3.63, 3.8) is 0 Å². The standard InChI is InChI=1S/C16H22N4O/c1-5-20-15(14(17)11(4)19-20)16(21)18-13-8-6-12(7-9-13)10(2)3/h6-10H,5,17H2,1-4H3,(H,18,21).